The van der Waals surface area contributed by atoms with Gasteiger partial charge in [0.1, 0.15) is 5.82 Å². The van der Waals surface area contributed by atoms with Crippen LogP contribution in [-0.4, -0.2) is 28.3 Å². The maximum absolute atomic E-state index is 12.6. The number of aromatic nitrogens is 2. The van der Waals surface area contributed by atoms with Crippen molar-refractivity contribution in [3.05, 3.63) is 76.3 Å². The van der Waals surface area contributed by atoms with Crippen LogP contribution in [0.4, 0.5) is 11.5 Å². The first-order valence-corrected chi connectivity index (χ1v) is 11.4. The van der Waals surface area contributed by atoms with E-state index in [1.807, 2.05) is 42.5 Å². The highest BCUT2D eigenvalue weighted by Gasteiger charge is 2.16. The smallest absolute Gasteiger partial charge is 0.231 e. The average molecular weight is 484 g/mol. The van der Waals surface area contributed by atoms with Gasteiger partial charge in [0.2, 0.25) is 6.79 Å². The summed E-state index contributed by atoms with van der Waals surface area (Å²) in [5.74, 6) is 2.10. The zero-order valence-corrected chi connectivity index (χ0v) is 18.8. The second-order valence-electron chi connectivity index (χ2n) is 6.91. The number of ketones is 1. The third-order valence-electron chi connectivity index (χ3n) is 4.79. The number of thioether (sulfide) groups is 1. The topological polar surface area (TPSA) is 73.3 Å². The monoisotopic (exact) mass is 483 g/mol. The van der Waals surface area contributed by atoms with Crippen LogP contribution in [0.15, 0.2) is 65.8 Å². The van der Waals surface area contributed by atoms with Gasteiger partial charge in [-0.2, -0.15) is 0 Å². The van der Waals surface area contributed by atoms with Gasteiger partial charge in [-0.3, -0.25) is 4.79 Å². The highest BCUT2D eigenvalue weighted by Crippen LogP contribution is 2.36. The number of halogens is 2. The second kappa shape index (κ2) is 8.86. The van der Waals surface area contributed by atoms with E-state index >= 15 is 0 Å². The van der Waals surface area contributed by atoms with Gasteiger partial charge < -0.3 is 14.8 Å². The van der Waals surface area contributed by atoms with Crippen LogP contribution in [0, 0.1) is 0 Å². The summed E-state index contributed by atoms with van der Waals surface area (Å²) in [6.07, 6.45) is 0. The van der Waals surface area contributed by atoms with Crippen LogP contribution < -0.4 is 14.8 Å². The Hall–Kier alpha value is -3.00. The number of ether oxygens (including phenoxy) is 2. The first kappa shape index (κ1) is 20.9. The molecule has 0 saturated heterocycles. The van der Waals surface area contributed by atoms with E-state index in [2.05, 4.69) is 15.3 Å². The number of anilines is 2. The molecule has 0 spiro atoms. The van der Waals surface area contributed by atoms with E-state index < -0.39 is 0 Å². The molecule has 0 unspecified atom stereocenters. The quantitative estimate of drug-likeness (QED) is 0.193. The number of para-hydroxylation sites is 1. The third kappa shape index (κ3) is 4.32. The minimum Gasteiger partial charge on any atom is -0.454 e. The largest absolute Gasteiger partial charge is 0.454 e. The Kier molecular flexibility index (Phi) is 5.78. The zero-order chi connectivity index (χ0) is 22.1. The molecule has 3 aromatic carbocycles. The highest BCUT2D eigenvalue weighted by atomic mass is 35.5. The van der Waals surface area contributed by atoms with Gasteiger partial charge in [-0.1, -0.05) is 47.1 Å². The third-order valence-corrected chi connectivity index (χ3v) is 6.38. The van der Waals surface area contributed by atoms with Gasteiger partial charge in [-0.15, -0.1) is 0 Å². The number of rotatable bonds is 6. The number of nitrogens with one attached hydrogen (secondary N) is 1. The number of fused-ring (bicyclic) bond motifs is 2. The van der Waals surface area contributed by atoms with E-state index in [9.17, 15) is 4.79 Å². The SMILES string of the molecule is O=C(CSc1nc(Nc2ccc3c(c2)OCO3)c2ccccc2n1)c1ccc(Cl)c(Cl)c1. The van der Waals surface area contributed by atoms with Crippen molar-refractivity contribution in [1.29, 1.82) is 0 Å². The molecule has 0 amide bonds. The fourth-order valence-electron chi connectivity index (χ4n) is 3.21. The molecule has 0 saturated carbocycles. The molecule has 4 aromatic rings. The van der Waals surface area contributed by atoms with Gasteiger partial charge in [0.05, 0.1) is 21.3 Å². The van der Waals surface area contributed by atoms with Crippen molar-refractivity contribution in [3.63, 3.8) is 0 Å². The Morgan fingerprint density at radius 2 is 1.81 bits per heavy atom. The molecule has 160 valence electrons. The van der Waals surface area contributed by atoms with Gasteiger partial charge in [-0.25, -0.2) is 9.97 Å². The van der Waals surface area contributed by atoms with Crippen molar-refractivity contribution in [3.8, 4) is 11.5 Å². The predicted octanol–water partition coefficient (Wildman–Crippen LogP) is 6.38. The van der Waals surface area contributed by atoms with Crippen LogP contribution in [0.5, 0.6) is 11.5 Å². The summed E-state index contributed by atoms with van der Waals surface area (Å²) in [5.41, 5.74) is 2.07. The first-order chi connectivity index (χ1) is 15.6. The van der Waals surface area contributed by atoms with E-state index in [1.54, 1.807) is 18.2 Å². The van der Waals surface area contributed by atoms with E-state index in [0.29, 0.717) is 38.1 Å². The van der Waals surface area contributed by atoms with Crippen molar-refractivity contribution in [2.45, 2.75) is 5.16 Å². The van der Waals surface area contributed by atoms with E-state index in [1.165, 1.54) is 11.8 Å². The lowest BCUT2D eigenvalue weighted by atomic mass is 10.1. The molecule has 0 radical (unpaired) electrons. The van der Waals surface area contributed by atoms with Crippen LogP contribution >= 0.6 is 35.0 Å². The van der Waals surface area contributed by atoms with Crippen LogP contribution in [0.1, 0.15) is 10.4 Å². The normalized spacial score (nSPS) is 12.2. The standard InChI is InChI=1S/C23H15Cl2N3O3S/c24-16-7-5-13(9-17(16)25)19(29)11-32-23-27-18-4-2-1-3-15(18)22(28-23)26-14-6-8-20-21(10-14)31-12-30-20/h1-10H,11-12H2,(H,26,27,28). The fourth-order valence-corrected chi connectivity index (χ4v) is 4.25. The molecule has 6 nitrogen and oxygen atoms in total. The maximum Gasteiger partial charge on any atom is 0.231 e. The van der Waals surface area contributed by atoms with Crippen LogP contribution in [0.2, 0.25) is 10.0 Å². The summed E-state index contributed by atoms with van der Waals surface area (Å²) in [7, 11) is 0. The number of hydrogen-bond acceptors (Lipinski definition) is 7. The van der Waals surface area contributed by atoms with Crippen molar-refractivity contribution in [2.24, 2.45) is 0 Å². The fraction of sp³-hybridized carbons (Fsp3) is 0.0870. The molecular weight excluding hydrogens is 469 g/mol. The first-order valence-electron chi connectivity index (χ1n) is 9.61. The Balaban J connectivity index is 1.40. The minimum atomic E-state index is -0.0874. The molecule has 0 bridgehead atoms. The summed E-state index contributed by atoms with van der Waals surface area (Å²) in [4.78, 5) is 21.9. The summed E-state index contributed by atoms with van der Waals surface area (Å²) in [6.45, 7) is 0.211. The molecule has 1 aliphatic heterocycles. The minimum absolute atomic E-state index is 0.0874. The molecule has 0 aliphatic carbocycles. The lowest BCUT2D eigenvalue weighted by Gasteiger charge is -2.11. The molecule has 0 fully saturated rings. The molecule has 9 heteroatoms. The molecule has 1 aromatic heterocycles. The summed E-state index contributed by atoms with van der Waals surface area (Å²) >= 11 is 13.2. The lowest BCUT2D eigenvalue weighted by Crippen LogP contribution is -2.04. The number of Topliss-reactive ketones (excluding diaryl/α,β-unsaturated/α-hetero) is 1. The molecule has 1 aliphatic rings. The number of benzene rings is 3. The predicted molar refractivity (Wildman–Crippen MR) is 127 cm³/mol. The molecule has 2 heterocycles. The number of hydrogen-bond donors (Lipinski definition) is 1. The Morgan fingerprint density at radius 3 is 2.69 bits per heavy atom. The maximum atomic E-state index is 12.6. The van der Waals surface area contributed by atoms with Gasteiger partial charge in [-0.05, 0) is 42.5 Å². The van der Waals surface area contributed by atoms with Crippen LogP contribution in [0.25, 0.3) is 10.9 Å². The van der Waals surface area contributed by atoms with E-state index in [4.69, 9.17) is 32.7 Å². The summed E-state index contributed by atoms with van der Waals surface area (Å²) in [6, 6.07) is 18.1. The van der Waals surface area contributed by atoms with Gasteiger partial charge in [0, 0.05) is 22.7 Å². The molecule has 5 rings (SSSR count). The number of nitrogens with zero attached hydrogens (tertiary/aromatic N) is 2. The summed E-state index contributed by atoms with van der Waals surface area (Å²) < 4.78 is 10.8. The lowest BCUT2D eigenvalue weighted by molar-refractivity contribution is 0.102. The van der Waals surface area contributed by atoms with Gasteiger partial charge in [0.15, 0.2) is 22.4 Å². The Bertz CT molecular complexity index is 1350. The average Bonchev–Trinajstić information content (AvgIpc) is 3.27. The molecule has 0 atom stereocenters. The van der Waals surface area contributed by atoms with E-state index in [-0.39, 0.29) is 18.3 Å². The summed E-state index contributed by atoms with van der Waals surface area (Å²) in [5, 5.41) is 5.44. The Morgan fingerprint density at radius 1 is 0.969 bits per heavy atom. The number of carbonyl (C=O) groups is 1. The van der Waals surface area contributed by atoms with Crippen molar-refractivity contribution >= 4 is 63.2 Å². The Labute approximate surface area is 197 Å². The second-order valence-corrected chi connectivity index (χ2v) is 8.66. The number of carbonyl (C=O) groups excluding carboxylic acids is 1. The molecule has 1 N–H and O–H groups in total. The van der Waals surface area contributed by atoms with Crippen molar-refractivity contribution in [2.75, 3.05) is 17.9 Å². The zero-order valence-electron chi connectivity index (χ0n) is 16.5. The van der Waals surface area contributed by atoms with Crippen LogP contribution in [0.3, 0.4) is 0 Å². The van der Waals surface area contributed by atoms with Gasteiger partial charge >= 0.3 is 0 Å². The van der Waals surface area contributed by atoms with Gasteiger partial charge in [0.25, 0.3) is 0 Å². The van der Waals surface area contributed by atoms with Crippen molar-refractivity contribution < 1.29 is 14.3 Å². The molecular formula is C23H15Cl2N3O3S. The van der Waals surface area contributed by atoms with E-state index in [0.717, 1.165) is 16.6 Å². The molecule has 32 heavy (non-hydrogen) atoms. The van der Waals surface area contributed by atoms with Crippen molar-refractivity contribution in [1.82, 2.24) is 9.97 Å². The highest BCUT2D eigenvalue weighted by molar-refractivity contribution is 7.99. The van der Waals surface area contributed by atoms with Crippen LogP contribution in [-0.2, 0) is 0 Å².